The van der Waals surface area contributed by atoms with E-state index in [4.69, 9.17) is 26.8 Å². The number of halogens is 2. The molecule has 0 saturated heterocycles. The number of methoxy groups -OCH3 is 1. The highest BCUT2D eigenvalue weighted by atomic mass is 35.5. The van der Waals surface area contributed by atoms with Crippen LogP contribution in [0.2, 0.25) is 5.02 Å². The monoisotopic (exact) mass is 582 g/mol. The van der Waals surface area contributed by atoms with Gasteiger partial charge in [0, 0.05) is 17.6 Å². The van der Waals surface area contributed by atoms with Crippen LogP contribution in [0.25, 0.3) is 0 Å². The van der Waals surface area contributed by atoms with Crippen molar-refractivity contribution in [3.8, 4) is 0 Å². The Morgan fingerprint density at radius 2 is 1.68 bits per heavy atom. The summed E-state index contributed by atoms with van der Waals surface area (Å²) in [5, 5.41) is 23.4. The first-order chi connectivity index (χ1) is 19.3. The molecule has 40 heavy (non-hydrogen) atoms. The first kappa shape index (κ1) is 32.7. The number of rotatable bonds is 18. The molecular formula is C26H36ClFN6O6. The van der Waals surface area contributed by atoms with Crippen molar-refractivity contribution >= 4 is 40.7 Å². The maximum Gasteiger partial charge on any atom is 0.411 e. The van der Waals surface area contributed by atoms with Gasteiger partial charge in [-0.15, -0.1) is 0 Å². The first-order valence-electron chi connectivity index (χ1n) is 12.9. The molecular weight excluding hydrogens is 547 g/mol. The van der Waals surface area contributed by atoms with Crippen molar-refractivity contribution in [2.24, 2.45) is 5.73 Å². The minimum atomic E-state index is -1.02. The molecule has 0 bridgehead atoms. The van der Waals surface area contributed by atoms with Gasteiger partial charge in [-0.3, -0.25) is 15.4 Å². The number of benzene rings is 2. The number of unbranched alkanes of at least 4 members (excludes halogenated alkanes) is 1. The summed E-state index contributed by atoms with van der Waals surface area (Å²) in [6, 6.07) is 6.07. The standard InChI is InChI=1S/C26H36ClFN6O6/c1-39-25(35)20-15-21(28)23(32-13-5-12-31-10-3-2-9-30-11-4-8-29)16-22(20)33-26(36)40-17-18-14-19(27)6-7-24(18)34(37)38/h6-7,14-16,30-32H,2-5,8-13,17,29H2,1H3,(H,33,36). The number of nitrogens with two attached hydrogens (primary N) is 1. The predicted molar refractivity (Wildman–Crippen MR) is 151 cm³/mol. The van der Waals surface area contributed by atoms with Gasteiger partial charge in [0.05, 0.1) is 34.5 Å². The molecule has 0 aromatic heterocycles. The second-order valence-electron chi connectivity index (χ2n) is 8.73. The van der Waals surface area contributed by atoms with Crippen LogP contribution in [0, 0.1) is 15.9 Å². The fourth-order valence-corrected chi connectivity index (χ4v) is 3.84. The summed E-state index contributed by atoms with van der Waals surface area (Å²) in [7, 11) is 1.12. The highest BCUT2D eigenvalue weighted by molar-refractivity contribution is 6.30. The van der Waals surface area contributed by atoms with Gasteiger partial charge in [-0.1, -0.05) is 11.6 Å². The minimum Gasteiger partial charge on any atom is -0.465 e. The van der Waals surface area contributed by atoms with Crippen molar-refractivity contribution in [1.29, 1.82) is 0 Å². The van der Waals surface area contributed by atoms with Crippen molar-refractivity contribution in [3.05, 3.63) is 62.4 Å². The topological polar surface area (TPSA) is 170 Å². The van der Waals surface area contributed by atoms with Crippen LogP contribution in [0.15, 0.2) is 30.3 Å². The molecule has 0 fully saturated rings. The number of esters is 1. The quantitative estimate of drug-likeness (QED) is 0.0748. The van der Waals surface area contributed by atoms with E-state index in [9.17, 15) is 24.1 Å². The molecule has 0 atom stereocenters. The van der Waals surface area contributed by atoms with Gasteiger partial charge in [-0.25, -0.2) is 14.0 Å². The number of nitro benzene ring substituents is 1. The van der Waals surface area contributed by atoms with Gasteiger partial charge in [0.1, 0.15) is 12.4 Å². The number of amides is 1. The van der Waals surface area contributed by atoms with Gasteiger partial charge < -0.3 is 31.2 Å². The number of nitro groups is 1. The fraction of sp³-hybridized carbons (Fsp3) is 0.462. The average Bonchev–Trinajstić information content (AvgIpc) is 2.93. The van der Waals surface area contributed by atoms with Gasteiger partial charge in [-0.2, -0.15) is 0 Å². The maximum absolute atomic E-state index is 14.7. The molecule has 0 aliphatic heterocycles. The van der Waals surface area contributed by atoms with Crippen molar-refractivity contribution in [1.82, 2.24) is 10.6 Å². The summed E-state index contributed by atoms with van der Waals surface area (Å²) in [6.07, 6.45) is 2.74. The zero-order valence-corrected chi connectivity index (χ0v) is 23.2. The van der Waals surface area contributed by atoms with E-state index < -0.39 is 29.4 Å². The fourth-order valence-electron chi connectivity index (χ4n) is 3.64. The molecule has 0 aliphatic rings. The Hall–Kier alpha value is -3.52. The minimum absolute atomic E-state index is 0.0560. The number of hydrogen-bond acceptors (Lipinski definition) is 10. The van der Waals surface area contributed by atoms with E-state index in [0.717, 1.165) is 58.6 Å². The Labute approximate surface area is 237 Å². The molecule has 0 saturated carbocycles. The number of carbonyl (C=O) groups is 2. The summed E-state index contributed by atoms with van der Waals surface area (Å²) in [6.45, 7) is 4.14. The van der Waals surface area contributed by atoms with Crippen molar-refractivity contribution in [3.63, 3.8) is 0 Å². The van der Waals surface area contributed by atoms with Crippen molar-refractivity contribution in [2.45, 2.75) is 32.3 Å². The molecule has 12 nitrogen and oxygen atoms in total. The van der Waals surface area contributed by atoms with E-state index in [0.29, 0.717) is 19.5 Å². The molecule has 1 amide bonds. The lowest BCUT2D eigenvalue weighted by Gasteiger charge is -2.14. The second-order valence-corrected chi connectivity index (χ2v) is 9.17. The molecule has 14 heteroatoms. The summed E-state index contributed by atoms with van der Waals surface area (Å²) in [5.74, 6) is -1.58. The molecule has 0 heterocycles. The first-order valence-corrected chi connectivity index (χ1v) is 13.3. The zero-order valence-electron chi connectivity index (χ0n) is 22.4. The molecule has 2 aromatic carbocycles. The number of anilines is 2. The van der Waals surface area contributed by atoms with Crippen LogP contribution >= 0.6 is 11.6 Å². The van der Waals surface area contributed by atoms with Gasteiger partial charge >= 0.3 is 12.1 Å². The lowest BCUT2D eigenvalue weighted by atomic mass is 10.1. The number of nitrogens with one attached hydrogen (secondary N) is 4. The molecule has 0 spiro atoms. The van der Waals surface area contributed by atoms with E-state index in [1.807, 2.05) is 0 Å². The number of nitrogens with zero attached hydrogens (tertiary/aromatic N) is 1. The summed E-state index contributed by atoms with van der Waals surface area (Å²) in [4.78, 5) is 35.2. The van der Waals surface area contributed by atoms with E-state index in [2.05, 4.69) is 21.3 Å². The number of ether oxygens (including phenoxy) is 2. The van der Waals surface area contributed by atoms with Gasteiger partial charge in [0.25, 0.3) is 5.69 Å². The predicted octanol–water partition coefficient (Wildman–Crippen LogP) is 4.03. The van der Waals surface area contributed by atoms with Crippen LogP contribution in [0.4, 0.5) is 26.2 Å². The Kier molecular flexibility index (Phi) is 14.7. The molecule has 2 aromatic rings. The number of hydrogen-bond donors (Lipinski definition) is 5. The third-order valence-electron chi connectivity index (χ3n) is 5.71. The summed E-state index contributed by atoms with van der Waals surface area (Å²) >= 11 is 5.90. The van der Waals surface area contributed by atoms with Gasteiger partial charge in [-0.05, 0) is 82.7 Å². The summed E-state index contributed by atoms with van der Waals surface area (Å²) in [5.41, 5.74) is 5.04. The normalized spacial score (nSPS) is 10.7. The SMILES string of the molecule is COC(=O)c1cc(F)c(NCCCNCCCCNCCCN)cc1NC(=O)OCc1cc(Cl)ccc1[N+](=O)[O-]. The molecule has 0 aliphatic carbocycles. The summed E-state index contributed by atoms with van der Waals surface area (Å²) < 4.78 is 24.5. The Morgan fingerprint density at radius 1 is 1.00 bits per heavy atom. The van der Waals surface area contributed by atoms with Gasteiger partial charge in [0.2, 0.25) is 0 Å². The molecule has 2 rings (SSSR count). The molecule has 0 radical (unpaired) electrons. The number of carbonyl (C=O) groups excluding carboxylic acids is 2. The van der Waals surface area contributed by atoms with Crippen LogP contribution in [-0.4, -0.2) is 63.4 Å². The maximum atomic E-state index is 14.7. The van der Waals surface area contributed by atoms with E-state index in [1.165, 1.54) is 24.3 Å². The zero-order chi connectivity index (χ0) is 29.3. The van der Waals surface area contributed by atoms with Crippen LogP contribution in [0.1, 0.15) is 41.6 Å². The Balaban J connectivity index is 1.90. The molecule has 6 N–H and O–H groups in total. The van der Waals surface area contributed by atoms with Crippen molar-refractivity contribution < 1.29 is 28.4 Å². The molecule has 220 valence electrons. The second kappa shape index (κ2) is 17.9. The molecule has 0 unspecified atom stereocenters. The van der Waals surface area contributed by atoms with Crippen molar-refractivity contribution in [2.75, 3.05) is 57.0 Å². The highest BCUT2D eigenvalue weighted by Gasteiger charge is 2.20. The van der Waals surface area contributed by atoms with E-state index >= 15 is 0 Å². The third-order valence-corrected chi connectivity index (χ3v) is 5.94. The smallest absolute Gasteiger partial charge is 0.411 e. The van der Waals surface area contributed by atoms with Crippen LogP contribution < -0.4 is 27.0 Å². The Bertz CT molecular complexity index is 1140. The van der Waals surface area contributed by atoms with Crippen LogP contribution in [-0.2, 0) is 16.1 Å². The van der Waals surface area contributed by atoms with Crippen LogP contribution in [0.3, 0.4) is 0 Å². The average molecular weight is 583 g/mol. The Morgan fingerprint density at radius 3 is 2.33 bits per heavy atom. The third kappa shape index (κ3) is 11.3. The lowest BCUT2D eigenvalue weighted by Crippen LogP contribution is -2.22. The van der Waals surface area contributed by atoms with Gasteiger partial charge in [0.15, 0.2) is 0 Å². The lowest BCUT2D eigenvalue weighted by molar-refractivity contribution is -0.385. The van der Waals surface area contributed by atoms with E-state index in [-0.39, 0.29) is 33.2 Å². The largest absolute Gasteiger partial charge is 0.465 e. The highest BCUT2D eigenvalue weighted by Crippen LogP contribution is 2.27. The van der Waals surface area contributed by atoms with Crippen LogP contribution in [0.5, 0.6) is 0 Å². The van der Waals surface area contributed by atoms with E-state index in [1.54, 1.807) is 0 Å².